The third-order valence-corrected chi connectivity index (χ3v) is 4.36. The standard InChI is InChI=1S/C22H20N2O4/c23-19(21(26)24-20-4-2-1-3-18(20)22(27)28)13-14-5-7-15(8-6-14)16-9-11-17(25)12-10-16/h1-12,19,25H,13,23H2,(H,24,26)(H,27,28)/t19-/m0/s1. The first-order valence-electron chi connectivity index (χ1n) is 8.71. The zero-order valence-corrected chi connectivity index (χ0v) is 15.0. The third kappa shape index (κ3) is 4.55. The topological polar surface area (TPSA) is 113 Å². The molecule has 0 radical (unpaired) electrons. The molecular formula is C22H20N2O4. The van der Waals surface area contributed by atoms with Gasteiger partial charge < -0.3 is 21.3 Å². The number of benzene rings is 3. The predicted molar refractivity (Wildman–Crippen MR) is 107 cm³/mol. The number of hydrogen-bond donors (Lipinski definition) is 4. The van der Waals surface area contributed by atoms with E-state index in [4.69, 9.17) is 5.73 Å². The average molecular weight is 376 g/mol. The van der Waals surface area contributed by atoms with Crippen molar-refractivity contribution in [3.05, 3.63) is 83.9 Å². The normalized spacial score (nSPS) is 11.6. The third-order valence-electron chi connectivity index (χ3n) is 4.36. The Morgan fingerprint density at radius 1 is 0.893 bits per heavy atom. The van der Waals surface area contributed by atoms with Crippen LogP contribution < -0.4 is 11.1 Å². The fraction of sp³-hybridized carbons (Fsp3) is 0.0909. The molecule has 3 rings (SSSR count). The molecule has 0 fully saturated rings. The van der Waals surface area contributed by atoms with E-state index in [9.17, 15) is 19.8 Å². The molecule has 28 heavy (non-hydrogen) atoms. The Hall–Kier alpha value is -3.64. The first kappa shape index (κ1) is 19.1. The van der Waals surface area contributed by atoms with Crippen molar-refractivity contribution in [2.75, 3.05) is 5.32 Å². The molecule has 0 aliphatic carbocycles. The Balaban J connectivity index is 1.66. The van der Waals surface area contributed by atoms with Crippen molar-refractivity contribution in [2.45, 2.75) is 12.5 Å². The molecule has 142 valence electrons. The number of carboxylic acid groups (broad SMARTS) is 1. The van der Waals surface area contributed by atoms with Crippen LogP contribution in [0.1, 0.15) is 15.9 Å². The van der Waals surface area contributed by atoms with E-state index in [1.165, 1.54) is 12.1 Å². The second kappa shape index (κ2) is 8.37. The highest BCUT2D eigenvalue weighted by molar-refractivity contribution is 6.02. The van der Waals surface area contributed by atoms with E-state index in [0.29, 0.717) is 6.42 Å². The zero-order chi connectivity index (χ0) is 20.1. The number of aromatic carboxylic acids is 1. The molecule has 0 unspecified atom stereocenters. The van der Waals surface area contributed by atoms with Crippen LogP contribution in [0.2, 0.25) is 0 Å². The molecule has 3 aromatic carbocycles. The van der Waals surface area contributed by atoms with Crippen molar-refractivity contribution >= 4 is 17.6 Å². The van der Waals surface area contributed by atoms with Crippen LogP contribution in [0.15, 0.2) is 72.8 Å². The quantitative estimate of drug-likeness (QED) is 0.527. The summed E-state index contributed by atoms with van der Waals surface area (Å²) in [5.74, 6) is -1.35. The number of rotatable bonds is 6. The molecule has 1 atom stereocenters. The van der Waals surface area contributed by atoms with E-state index in [2.05, 4.69) is 5.32 Å². The molecule has 5 N–H and O–H groups in total. The van der Waals surface area contributed by atoms with Crippen LogP contribution in [0.5, 0.6) is 5.75 Å². The Labute approximate surface area is 162 Å². The molecule has 6 heteroatoms. The summed E-state index contributed by atoms with van der Waals surface area (Å²) < 4.78 is 0. The number of anilines is 1. The minimum absolute atomic E-state index is 0.0151. The van der Waals surface area contributed by atoms with Crippen LogP contribution in [0.25, 0.3) is 11.1 Å². The van der Waals surface area contributed by atoms with E-state index in [0.717, 1.165) is 16.7 Å². The van der Waals surface area contributed by atoms with Gasteiger partial charge in [-0.15, -0.1) is 0 Å². The molecule has 3 aromatic rings. The van der Waals surface area contributed by atoms with Crippen LogP contribution in [0, 0.1) is 0 Å². The Kier molecular flexibility index (Phi) is 5.72. The lowest BCUT2D eigenvalue weighted by Gasteiger charge is -2.14. The maximum absolute atomic E-state index is 12.4. The lowest BCUT2D eigenvalue weighted by molar-refractivity contribution is -0.117. The van der Waals surface area contributed by atoms with Gasteiger partial charge in [0, 0.05) is 0 Å². The highest BCUT2D eigenvalue weighted by Gasteiger charge is 2.17. The van der Waals surface area contributed by atoms with Crippen LogP contribution in [-0.2, 0) is 11.2 Å². The van der Waals surface area contributed by atoms with Crippen molar-refractivity contribution in [3.63, 3.8) is 0 Å². The number of carbonyl (C=O) groups is 2. The first-order valence-corrected chi connectivity index (χ1v) is 8.71. The summed E-state index contributed by atoms with van der Waals surface area (Å²) in [7, 11) is 0. The maximum atomic E-state index is 12.4. The Morgan fingerprint density at radius 3 is 2.07 bits per heavy atom. The van der Waals surface area contributed by atoms with E-state index in [1.807, 2.05) is 36.4 Å². The van der Waals surface area contributed by atoms with Crippen molar-refractivity contribution in [1.29, 1.82) is 0 Å². The summed E-state index contributed by atoms with van der Waals surface area (Å²) in [6, 6.07) is 19.9. The van der Waals surface area contributed by atoms with Gasteiger partial charge in [0.05, 0.1) is 17.3 Å². The molecule has 0 aliphatic heterocycles. The number of phenols is 1. The van der Waals surface area contributed by atoms with Crippen molar-refractivity contribution in [1.82, 2.24) is 0 Å². The van der Waals surface area contributed by atoms with E-state index in [1.54, 1.807) is 24.3 Å². The molecule has 1 amide bonds. The Morgan fingerprint density at radius 2 is 1.46 bits per heavy atom. The number of phenolic OH excluding ortho intramolecular Hbond substituents is 1. The average Bonchev–Trinajstić information content (AvgIpc) is 2.69. The van der Waals surface area contributed by atoms with Crippen molar-refractivity contribution < 1.29 is 19.8 Å². The monoisotopic (exact) mass is 376 g/mol. The van der Waals surface area contributed by atoms with Gasteiger partial charge in [-0.3, -0.25) is 4.79 Å². The Bertz CT molecular complexity index is 982. The fourth-order valence-electron chi connectivity index (χ4n) is 2.84. The fourth-order valence-corrected chi connectivity index (χ4v) is 2.84. The minimum Gasteiger partial charge on any atom is -0.508 e. The molecule has 0 aromatic heterocycles. The largest absolute Gasteiger partial charge is 0.508 e. The molecule has 0 bridgehead atoms. The highest BCUT2D eigenvalue weighted by Crippen LogP contribution is 2.22. The summed E-state index contributed by atoms with van der Waals surface area (Å²) in [5.41, 5.74) is 9.08. The number of para-hydroxylation sites is 1. The molecule has 0 saturated carbocycles. The number of aromatic hydroxyl groups is 1. The lowest BCUT2D eigenvalue weighted by Crippen LogP contribution is -2.37. The molecule has 0 saturated heterocycles. The van der Waals surface area contributed by atoms with Crippen LogP contribution >= 0.6 is 0 Å². The number of amides is 1. The van der Waals surface area contributed by atoms with Gasteiger partial charge in [0.2, 0.25) is 5.91 Å². The van der Waals surface area contributed by atoms with Gasteiger partial charge in [-0.05, 0) is 47.4 Å². The summed E-state index contributed by atoms with van der Waals surface area (Å²) in [6.07, 6.45) is 0.316. The predicted octanol–water partition coefficient (Wildman–Crippen LogP) is 3.27. The van der Waals surface area contributed by atoms with E-state index < -0.39 is 17.9 Å². The van der Waals surface area contributed by atoms with Gasteiger partial charge in [-0.25, -0.2) is 4.79 Å². The van der Waals surface area contributed by atoms with Gasteiger partial charge in [0.1, 0.15) is 5.75 Å². The van der Waals surface area contributed by atoms with E-state index >= 15 is 0 Å². The van der Waals surface area contributed by atoms with Gasteiger partial charge in [0.15, 0.2) is 0 Å². The number of hydrogen-bond acceptors (Lipinski definition) is 4. The van der Waals surface area contributed by atoms with E-state index in [-0.39, 0.29) is 17.0 Å². The van der Waals surface area contributed by atoms with Crippen LogP contribution in [-0.4, -0.2) is 28.1 Å². The van der Waals surface area contributed by atoms with Gasteiger partial charge in [0.25, 0.3) is 0 Å². The summed E-state index contributed by atoms with van der Waals surface area (Å²) >= 11 is 0. The number of nitrogens with one attached hydrogen (secondary N) is 1. The second-order valence-corrected chi connectivity index (χ2v) is 6.39. The SMILES string of the molecule is N[C@@H](Cc1ccc(-c2ccc(O)cc2)cc1)C(=O)Nc1ccccc1C(=O)O. The van der Waals surface area contributed by atoms with Crippen molar-refractivity contribution in [3.8, 4) is 16.9 Å². The molecule has 0 aliphatic rings. The van der Waals surface area contributed by atoms with Crippen molar-refractivity contribution in [2.24, 2.45) is 5.73 Å². The lowest BCUT2D eigenvalue weighted by atomic mass is 10.0. The molecular weight excluding hydrogens is 356 g/mol. The molecule has 6 nitrogen and oxygen atoms in total. The number of carbonyl (C=O) groups excluding carboxylic acids is 1. The zero-order valence-electron chi connectivity index (χ0n) is 15.0. The van der Waals surface area contributed by atoms with Crippen LogP contribution in [0.4, 0.5) is 5.69 Å². The molecule has 0 spiro atoms. The smallest absolute Gasteiger partial charge is 0.337 e. The highest BCUT2D eigenvalue weighted by atomic mass is 16.4. The number of nitrogens with two attached hydrogens (primary N) is 1. The number of carboxylic acids is 1. The van der Waals surface area contributed by atoms with Crippen LogP contribution in [0.3, 0.4) is 0 Å². The second-order valence-electron chi connectivity index (χ2n) is 6.39. The first-order chi connectivity index (χ1) is 13.4. The van der Waals surface area contributed by atoms with Gasteiger partial charge in [-0.1, -0.05) is 48.5 Å². The summed E-state index contributed by atoms with van der Waals surface area (Å²) in [5, 5.41) is 21.1. The minimum atomic E-state index is -1.12. The summed E-state index contributed by atoms with van der Waals surface area (Å²) in [4.78, 5) is 23.6. The van der Waals surface area contributed by atoms with Gasteiger partial charge in [-0.2, -0.15) is 0 Å². The molecule has 0 heterocycles. The maximum Gasteiger partial charge on any atom is 0.337 e. The summed E-state index contributed by atoms with van der Waals surface area (Å²) in [6.45, 7) is 0. The van der Waals surface area contributed by atoms with Gasteiger partial charge >= 0.3 is 5.97 Å².